The molecule has 2 aromatic carbocycles. The second-order valence-electron chi connectivity index (χ2n) is 3.00. The van der Waals surface area contributed by atoms with Crippen molar-refractivity contribution in [2.45, 2.75) is 0 Å². The number of nitro benzene ring substituents is 1. The quantitative estimate of drug-likeness (QED) is 0.254. The van der Waals surface area contributed by atoms with E-state index in [1.807, 2.05) is 52.9 Å². The molecular weight excluding hydrogens is 394 g/mol. The minimum absolute atomic E-state index is 0. The average molecular weight is 408 g/mol. The Labute approximate surface area is 138 Å². The zero-order valence-electron chi connectivity index (χ0n) is 10.1. The summed E-state index contributed by atoms with van der Waals surface area (Å²) < 4.78 is 0. The van der Waals surface area contributed by atoms with Crippen molar-refractivity contribution in [2.24, 2.45) is 0 Å². The van der Waals surface area contributed by atoms with Gasteiger partial charge in [0.1, 0.15) is 0 Å². The Morgan fingerprint density at radius 3 is 1.53 bits per heavy atom. The van der Waals surface area contributed by atoms with Crippen molar-refractivity contribution >= 4 is 34.0 Å². The molecule has 19 heavy (non-hydrogen) atoms. The summed E-state index contributed by atoms with van der Waals surface area (Å²) in [6, 6.07) is 17.4. The molecule has 101 valence electrons. The van der Waals surface area contributed by atoms with E-state index in [1.165, 1.54) is 12.1 Å². The van der Waals surface area contributed by atoms with Crippen molar-refractivity contribution in [3.05, 3.63) is 75.7 Å². The van der Waals surface area contributed by atoms with Gasteiger partial charge in [-0.15, -0.1) is 0 Å². The molecule has 0 amide bonds. The normalized spacial score (nSPS) is 7.68. The molecule has 2 N–H and O–H groups in total. The van der Waals surface area contributed by atoms with Crippen LogP contribution in [-0.4, -0.2) is 4.92 Å². The number of hydrogen-bond donors (Lipinski definition) is 1. The number of nitrogens with two attached hydrogens (primary N) is 1. The first-order valence-electron chi connectivity index (χ1n) is 4.97. The minimum atomic E-state index is -0.417. The van der Waals surface area contributed by atoms with Crippen LogP contribution in [0.1, 0.15) is 0 Å². The zero-order valence-corrected chi connectivity index (χ0v) is 13.7. The van der Waals surface area contributed by atoms with Gasteiger partial charge in [0.15, 0.2) is 0 Å². The molecule has 0 aliphatic rings. The monoisotopic (exact) mass is 408 g/mol. The molecule has 0 fully saturated rings. The summed E-state index contributed by atoms with van der Waals surface area (Å²) in [7, 11) is 0. The van der Waals surface area contributed by atoms with Crippen LogP contribution in [0, 0.1) is 15.0 Å². The summed E-state index contributed by atoms with van der Waals surface area (Å²) >= 11 is 1.90. The molecule has 2 rings (SSSR count). The van der Waals surface area contributed by atoms with Crippen molar-refractivity contribution in [2.75, 3.05) is 5.73 Å². The Balaban J connectivity index is 0. The Kier molecular flexibility index (Phi) is 14.3. The number of non-ortho nitro benzene ring substituents is 1. The summed E-state index contributed by atoms with van der Waals surface area (Å²) in [6.07, 6.45) is 0. The number of nitrogens with zero attached hydrogens (tertiary/aromatic N) is 1. The zero-order chi connectivity index (χ0) is 13.8. The van der Waals surface area contributed by atoms with Crippen LogP contribution in [0.25, 0.3) is 0 Å². The molecule has 2 aromatic rings. The number of benzene rings is 2. The van der Waals surface area contributed by atoms with E-state index in [0.29, 0.717) is 0 Å². The third-order valence-corrected chi connectivity index (χ3v) is 1.77. The van der Waals surface area contributed by atoms with Gasteiger partial charge in [0, 0.05) is 36.4 Å². The maximum atomic E-state index is 10.0. The molecule has 0 heterocycles. The second-order valence-corrected chi connectivity index (χ2v) is 3.00. The Bertz CT molecular complexity index is 441. The summed E-state index contributed by atoms with van der Waals surface area (Å²) in [5.41, 5.74) is 6.32. The molecule has 0 aromatic heterocycles. The van der Waals surface area contributed by atoms with Crippen LogP contribution < -0.4 is 5.73 Å². The molecule has 0 unspecified atom stereocenters. The van der Waals surface area contributed by atoms with Gasteiger partial charge in [-0.1, -0.05) is 36.4 Å². The molecular formula is C13H14IN2O2V-. The van der Waals surface area contributed by atoms with Gasteiger partial charge in [-0.05, 0) is 12.1 Å². The second kappa shape index (κ2) is 13.4. The van der Waals surface area contributed by atoms with Crippen LogP contribution in [0.15, 0.2) is 60.7 Å². The van der Waals surface area contributed by atoms with E-state index in [1.54, 1.807) is 18.2 Å². The summed E-state index contributed by atoms with van der Waals surface area (Å²) in [5.74, 6) is 0. The third kappa shape index (κ3) is 10.6. The predicted molar refractivity (Wildman–Crippen MR) is 83.3 cm³/mol. The fourth-order valence-electron chi connectivity index (χ4n) is 1.00. The van der Waals surface area contributed by atoms with Gasteiger partial charge in [-0.2, -0.15) is 0 Å². The first-order chi connectivity index (χ1) is 8.70. The third-order valence-electron chi connectivity index (χ3n) is 1.77. The Morgan fingerprint density at radius 1 is 0.947 bits per heavy atom. The SMILES string of the molecule is Nc1ccccc1.O=[N+]([O-])c1ccccc1.[CH2-]I.[V]. The molecule has 6 heteroatoms. The van der Waals surface area contributed by atoms with Crippen LogP contribution in [0.4, 0.5) is 11.4 Å². The average Bonchev–Trinajstić information content (AvgIpc) is 2.43. The fourth-order valence-corrected chi connectivity index (χ4v) is 1.00. The molecule has 0 spiro atoms. The molecule has 1 radical (unpaired) electrons. The van der Waals surface area contributed by atoms with Crippen LogP contribution in [-0.2, 0) is 18.6 Å². The fraction of sp³-hybridized carbons (Fsp3) is 0. The van der Waals surface area contributed by atoms with Crippen molar-refractivity contribution in [1.29, 1.82) is 0 Å². The number of para-hydroxylation sites is 2. The number of halogens is 1. The minimum Gasteiger partial charge on any atom is -0.399 e. The molecule has 0 saturated heterocycles. The smallest absolute Gasteiger partial charge is 0.269 e. The molecule has 0 saturated carbocycles. The van der Waals surface area contributed by atoms with Crippen LogP contribution in [0.2, 0.25) is 0 Å². The van der Waals surface area contributed by atoms with Crippen molar-refractivity contribution in [3.63, 3.8) is 0 Å². The molecule has 0 bridgehead atoms. The first-order valence-corrected chi connectivity index (χ1v) is 6.49. The molecule has 0 atom stereocenters. The van der Waals surface area contributed by atoms with Gasteiger partial charge in [-0.25, -0.2) is 0 Å². The molecule has 0 aliphatic carbocycles. The Morgan fingerprint density at radius 2 is 1.32 bits per heavy atom. The van der Waals surface area contributed by atoms with Gasteiger partial charge in [0.2, 0.25) is 0 Å². The van der Waals surface area contributed by atoms with E-state index < -0.39 is 4.92 Å². The molecule has 4 nitrogen and oxygen atoms in total. The summed E-state index contributed by atoms with van der Waals surface area (Å²) in [6.45, 7) is 0. The van der Waals surface area contributed by atoms with Gasteiger partial charge >= 0.3 is 0 Å². The van der Waals surface area contributed by atoms with E-state index in [4.69, 9.17) is 5.73 Å². The van der Waals surface area contributed by atoms with Gasteiger partial charge < -0.3 is 28.3 Å². The largest absolute Gasteiger partial charge is 0.399 e. The maximum absolute atomic E-state index is 10.0. The van der Waals surface area contributed by atoms with Crippen LogP contribution in [0.5, 0.6) is 0 Å². The van der Waals surface area contributed by atoms with Gasteiger partial charge in [0.25, 0.3) is 5.69 Å². The van der Waals surface area contributed by atoms with Crippen LogP contribution in [0.3, 0.4) is 0 Å². The van der Waals surface area contributed by atoms with E-state index in [-0.39, 0.29) is 24.2 Å². The topological polar surface area (TPSA) is 69.2 Å². The van der Waals surface area contributed by atoms with Crippen molar-refractivity contribution in [3.8, 4) is 0 Å². The van der Waals surface area contributed by atoms with Gasteiger partial charge in [-0.3, -0.25) is 15.0 Å². The maximum Gasteiger partial charge on any atom is 0.269 e. The first kappa shape index (κ1) is 20.3. The predicted octanol–water partition coefficient (Wildman–Crippen LogP) is 4.07. The Hall–Kier alpha value is -1.05. The number of hydrogen-bond acceptors (Lipinski definition) is 3. The number of anilines is 1. The van der Waals surface area contributed by atoms with E-state index in [9.17, 15) is 10.1 Å². The number of rotatable bonds is 1. The standard InChI is InChI=1S/C6H5NO2.C6H7N.CH2I.V/c8-7(9)6-4-2-1-3-5-6;7-6-4-2-1-3-5-6;1-2;/h1-5H;1-5H,7H2;1H2;/q;;-1;. The molecule has 0 aliphatic heterocycles. The number of nitro groups is 1. The van der Waals surface area contributed by atoms with Crippen LogP contribution >= 0.6 is 22.6 Å². The van der Waals surface area contributed by atoms with E-state index in [0.717, 1.165) is 5.69 Å². The number of nitrogen functional groups attached to an aromatic ring is 1. The van der Waals surface area contributed by atoms with Crippen molar-refractivity contribution < 1.29 is 23.5 Å². The summed E-state index contributed by atoms with van der Waals surface area (Å²) in [4.78, 5) is 12.8. The van der Waals surface area contributed by atoms with Crippen molar-refractivity contribution in [1.82, 2.24) is 0 Å². The summed E-state index contributed by atoms with van der Waals surface area (Å²) in [5, 5.41) is 10.0. The van der Waals surface area contributed by atoms with Gasteiger partial charge in [0.05, 0.1) is 4.92 Å². The van der Waals surface area contributed by atoms with E-state index in [2.05, 4.69) is 4.93 Å². The van der Waals surface area contributed by atoms with E-state index >= 15 is 0 Å².